The van der Waals surface area contributed by atoms with Crippen LogP contribution in [0.4, 0.5) is 28.4 Å². The molecule has 2 heteroatoms. The molecule has 0 N–H and O–H groups in total. The summed E-state index contributed by atoms with van der Waals surface area (Å²) in [4.78, 5) is 4.96. The van der Waals surface area contributed by atoms with E-state index in [1.165, 1.54) is 87.4 Å². The number of anilines is 5. The van der Waals surface area contributed by atoms with Gasteiger partial charge in [-0.05, 0) is 133 Å². The summed E-state index contributed by atoms with van der Waals surface area (Å²) in [6, 6.07) is 56.1. The summed E-state index contributed by atoms with van der Waals surface area (Å²) in [7, 11) is 0. The monoisotopic (exact) mass is 706 g/mol. The average Bonchev–Trinajstić information content (AvgIpc) is 3.22. The standard InChI is InChI=1S/C52H54N2/c1-5-7-18-42-24-30-47(31-25-42)53(50-22-14-12-16-40(50)3)48-34-28-44(29-35-48)45-36-38-52(39-37-45,46-20-10-9-11-21-46)54(51-23-15-13-17-41(51)4)49-32-26-43(27-33-49)19-8-6-2/h9-17,20-38H,5-8,18-19,39H2,1-4H3. The van der Waals surface area contributed by atoms with Crippen LogP contribution in [0.15, 0.2) is 170 Å². The van der Waals surface area contributed by atoms with Gasteiger partial charge >= 0.3 is 0 Å². The second kappa shape index (κ2) is 17.0. The number of hydrogen-bond donors (Lipinski definition) is 0. The molecule has 2 nitrogen and oxygen atoms in total. The lowest BCUT2D eigenvalue weighted by atomic mass is 9.78. The highest BCUT2D eigenvalue weighted by molar-refractivity contribution is 5.82. The van der Waals surface area contributed by atoms with E-state index in [2.05, 4.69) is 207 Å². The fourth-order valence-electron chi connectivity index (χ4n) is 7.91. The summed E-state index contributed by atoms with van der Waals surface area (Å²) < 4.78 is 0. The molecule has 54 heavy (non-hydrogen) atoms. The van der Waals surface area contributed by atoms with E-state index in [1.54, 1.807) is 0 Å². The Bertz CT molecular complexity index is 2180. The number of para-hydroxylation sites is 2. The predicted octanol–water partition coefficient (Wildman–Crippen LogP) is 14.5. The molecule has 0 aliphatic heterocycles. The van der Waals surface area contributed by atoms with Gasteiger partial charge < -0.3 is 9.80 Å². The number of allylic oxidation sites excluding steroid dienone is 2. The van der Waals surface area contributed by atoms with Gasteiger partial charge in [-0.2, -0.15) is 0 Å². The molecule has 1 aliphatic rings. The molecule has 1 atom stereocenters. The van der Waals surface area contributed by atoms with Crippen molar-refractivity contribution >= 4 is 34.0 Å². The van der Waals surface area contributed by atoms with Crippen LogP contribution in [0.25, 0.3) is 5.57 Å². The number of nitrogens with zero attached hydrogens (tertiary/aromatic N) is 2. The van der Waals surface area contributed by atoms with Crippen LogP contribution in [0.2, 0.25) is 0 Å². The number of aryl methyl sites for hydroxylation is 4. The van der Waals surface area contributed by atoms with Crippen LogP contribution in [0.5, 0.6) is 0 Å². The zero-order chi connectivity index (χ0) is 37.3. The van der Waals surface area contributed by atoms with Gasteiger partial charge in [0.15, 0.2) is 0 Å². The molecule has 0 fully saturated rings. The Balaban J connectivity index is 1.24. The van der Waals surface area contributed by atoms with Gasteiger partial charge in [0.1, 0.15) is 0 Å². The molecule has 0 saturated carbocycles. The van der Waals surface area contributed by atoms with Crippen LogP contribution in [-0.4, -0.2) is 0 Å². The minimum atomic E-state index is -0.410. The zero-order valence-electron chi connectivity index (χ0n) is 32.5. The number of rotatable bonds is 14. The second-order valence-electron chi connectivity index (χ2n) is 14.8. The Labute approximate surface area is 324 Å². The highest BCUT2D eigenvalue weighted by atomic mass is 15.2. The molecule has 1 unspecified atom stereocenters. The van der Waals surface area contributed by atoms with Crippen molar-refractivity contribution in [3.8, 4) is 0 Å². The maximum Gasteiger partial charge on any atom is 0.0924 e. The molecule has 6 aromatic carbocycles. The minimum Gasteiger partial charge on any atom is -0.327 e. The molecule has 0 amide bonds. The maximum absolute atomic E-state index is 2.57. The lowest BCUT2D eigenvalue weighted by molar-refractivity contribution is 0.547. The molecular weight excluding hydrogens is 653 g/mol. The fraction of sp³-hybridized carbons (Fsp3) is 0.231. The number of hydrogen-bond acceptors (Lipinski definition) is 2. The topological polar surface area (TPSA) is 6.48 Å². The highest BCUT2D eigenvalue weighted by Gasteiger charge is 2.39. The summed E-state index contributed by atoms with van der Waals surface area (Å²) in [5.41, 5.74) is 14.6. The van der Waals surface area contributed by atoms with Crippen LogP contribution in [-0.2, 0) is 18.4 Å². The Morgan fingerprint density at radius 2 is 1.02 bits per heavy atom. The van der Waals surface area contributed by atoms with Crippen LogP contribution in [0.1, 0.15) is 79.3 Å². The summed E-state index contributed by atoms with van der Waals surface area (Å²) in [6.45, 7) is 8.94. The van der Waals surface area contributed by atoms with Gasteiger partial charge in [-0.3, -0.25) is 0 Å². The largest absolute Gasteiger partial charge is 0.327 e. The van der Waals surface area contributed by atoms with Gasteiger partial charge in [0.25, 0.3) is 0 Å². The molecule has 0 bridgehead atoms. The third-order valence-corrected chi connectivity index (χ3v) is 11.0. The van der Waals surface area contributed by atoms with E-state index in [0.29, 0.717) is 0 Å². The van der Waals surface area contributed by atoms with Crippen molar-refractivity contribution < 1.29 is 0 Å². The van der Waals surface area contributed by atoms with E-state index in [1.807, 2.05) is 0 Å². The Hall–Kier alpha value is -5.60. The van der Waals surface area contributed by atoms with E-state index in [9.17, 15) is 0 Å². The molecule has 1 aliphatic carbocycles. The van der Waals surface area contributed by atoms with E-state index in [-0.39, 0.29) is 0 Å². The first-order valence-electron chi connectivity index (χ1n) is 20.0. The van der Waals surface area contributed by atoms with Gasteiger partial charge in [-0.25, -0.2) is 0 Å². The van der Waals surface area contributed by atoms with Gasteiger partial charge in [0, 0.05) is 28.4 Å². The third-order valence-electron chi connectivity index (χ3n) is 11.0. The van der Waals surface area contributed by atoms with E-state index in [0.717, 1.165) is 24.9 Å². The molecule has 0 heterocycles. The van der Waals surface area contributed by atoms with E-state index < -0.39 is 5.54 Å². The van der Waals surface area contributed by atoms with E-state index in [4.69, 9.17) is 0 Å². The molecular formula is C52H54N2. The first kappa shape index (κ1) is 36.7. The molecule has 0 radical (unpaired) electrons. The normalized spacial score (nSPS) is 15.1. The van der Waals surface area contributed by atoms with Crippen LogP contribution >= 0.6 is 0 Å². The first-order chi connectivity index (χ1) is 26.5. The quantitative estimate of drug-likeness (QED) is 0.111. The Morgan fingerprint density at radius 3 is 1.54 bits per heavy atom. The summed E-state index contributed by atoms with van der Waals surface area (Å²) >= 11 is 0. The maximum atomic E-state index is 2.57. The summed E-state index contributed by atoms with van der Waals surface area (Å²) in [5.74, 6) is 0. The number of unbranched alkanes of at least 4 members (excludes halogenated alkanes) is 2. The zero-order valence-corrected chi connectivity index (χ0v) is 32.5. The fourth-order valence-corrected chi connectivity index (χ4v) is 7.91. The van der Waals surface area contributed by atoms with Crippen molar-refractivity contribution in [3.05, 3.63) is 203 Å². The number of benzene rings is 6. The molecule has 6 aromatic rings. The Morgan fingerprint density at radius 1 is 0.519 bits per heavy atom. The molecule has 0 spiro atoms. The van der Waals surface area contributed by atoms with Gasteiger partial charge in [-0.1, -0.05) is 148 Å². The Kier molecular flexibility index (Phi) is 11.6. The smallest absolute Gasteiger partial charge is 0.0924 e. The van der Waals surface area contributed by atoms with Gasteiger partial charge in [-0.15, -0.1) is 0 Å². The lowest BCUT2D eigenvalue weighted by Gasteiger charge is -2.46. The lowest BCUT2D eigenvalue weighted by Crippen LogP contribution is -2.43. The molecule has 7 rings (SSSR count). The first-order valence-corrected chi connectivity index (χ1v) is 20.0. The van der Waals surface area contributed by atoms with Crippen molar-refractivity contribution in [2.75, 3.05) is 9.80 Å². The molecule has 272 valence electrons. The third kappa shape index (κ3) is 7.85. The van der Waals surface area contributed by atoms with Crippen LogP contribution < -0.4 is 9.80 Å². The van der Waals surface area contributed by atoms with Gasteiger partial charge in [0.2, 0.25) is 0 Å². The van der Waals surface area contributed by atoms with Crippen molar-refractivity contribution in [3.63, 3.8) is 0 Å². The summed E-state index contributed by atoms with van der Waals surface area (Å²) in [5, 5.41) is 0. The average molecular weight is 707 g/mol. The van der Waals surface area contributed by atoms with Crippen molar-refractivity contribution in [2.24, 2.45) is 0 Å². The van der Waals surface area contributed by atoms with Crippen molar-refractivity contribution in [1.29, 1.82) is 0 Å². The molecule has 0 aromatic heterocycles. The van der Waals surface area contributed by atoms with E-state index >= 15 is 0 Å². The second-order valence-corrected chi connectivity index (χ2v) is 14.8. The van der Waals surface area contributed by atoms with Gasteiger partial charge in [0.05, 0.1) is 5.54 Å². The van der Waals surface area contributed by atoms with Crippen molar-refractivity contribution in [1.82, 2.24) is 0 Å². The predicted molar refractivity (Wildman–Crippen MR) is 233 cm³/mol. The highest BCUT2D eigenvalue weighted by Crippen LogP contribution is 2.47. The van der Waals surface area contributed by atoms with Crippen LogP contribution in [0.3, 0.4) is 0 Å². The summed E-state index contributed by atoms with van der Waals surface area (Å²) in [6.07, 6.45) is 15.1. The molecule has 0 saturated heterocycles. The van der Waals surface area contributed by atoms with Crippen LogP contribution in [0, 0.1) is 13.8 Å². The SMILES string of the molecule is CCCCc1ccc(N(c2ccc(C3=CCC(c4ccccc4)(N(c4ccc(CCCC)cc4)c4ccccc4C)C=C3)cc2)c2ccccc2C)cc1. The minimum absolute atomic E-state index is 0.410. The van der Waals surface area contributed by atoms with Crippen molar-refractivity contribution in [2.45, 2.75) is 78.2 Å².